The molecule has 0 aromatic heterocycles. The molecule has 1 heterocycles. The van der Waals surface area contributed by atoms with Crippen molar-refractivity contribution in [3.63, 3.8) is 0 Å². The van der Waals surface area contributed by atoms with Crippen molar-refractivity contribution in [1.29, 1.82) is 0 Å². The van der Waals surface area contributed by atoms with Crippen LogP contribution < -0.4 is 0 Å². The van der Waals surface area contributed by atoms with Crippen molar-refractivity contribution in [2.45, 2.75) is 19.9 Å². The van der Waals surface area contributed by atoms with E-state index in [1.54, 1.807) is 6.92 Å². The summed E-state index contributed by atoms with van der Waals surface area (Å²) in [7, 11) is 0. The first-order valence-corrected chi connectivity index (χ1v) is 2.49. The molecule has 0 aromatic rings. The monoisotopic (exact) mass is 99.1 g/mol. The third-order valence-corrected chi connectivity index (χ3v) is 1.26. The lowest BCUT2D eigenvalue weighted by molar-refractivity contribution is -0.123. The molecular weight excluding hydrogens is 90.1 g/mol. The number of hydrogen-bond donors (Lipinski definition) is 0. The Balaban J connectivity index is 2.33. The van der Waals surface area contributed by atoms with E-state index in [1.165, 1.54) is 0 Å². The summed E-state index contributed by atoms with van der Waals surface area (Å²) in [5.41, 5.74) is 0. The Morgan fingerprint density at radius 2 is 2.29 bits per heavy atom. The highest BCUT2D eigenvalue weighted by molar-refractivity contribution is 5.76. The smallest absolute Gasteiger partial charge is 0.219 e. The Morgan fingerprint density at radius 3 is 2.29 bits per heavy atom. The predicted octanol–water partition coefficient (Wildman–Crippen LogP) is 0.237. The van der Waals surface area contributed by atoms with Gasteiger partial charge >= 0.3 is 0 Å². The molecule has 2 nitrogen and oxygen atoms in total. The van der Waals surface area contributed by atoms with Gasteiger partial charge in [0, 0.05) is 19.5 Å². The van der Waals surface area contributed by atoms with E-state index in [2.05, 4.69) is 0 Å². The molecule has 0 spiro atoms. The topological polar surface area (TPSA) is 20.1 Å². The van der Waals surface area contributed by atoms with Gasteiger partial charge in [0.25, 0.3) is 0 Å². The summed E-state index contributed by atoms with van der Waals surface area (Å²) in [5.74, 6) is 0.201. The van der Waals surface area contributed by atoms with Gasteiger partial charge in [0.15, 0.2) is 0 Å². The molecule has 0 saturated carbocycles. The quantitative estimate of drug-likeness (QED) is 0.398. The minimum Gasteiger partial charge on any atom is -0.336 e. The van der Waals surface area contributed by atoms with E-state index in [1.807, 2.05) is 11.8 Å². The third-order valence-electron chi connectivity index (χ3n) is 1.26. The maximum Gasteiger partial charge on any atom is 0.219 e. The molecule has 0 aliphatic carbocycles. The molecule has 1 fully saturated rings. The van der Waals surface area contributed by atoms with E-state index in [9.17, 15) is 4.79 Å². The van der Waals surface area contributed by atoms with Gasteiger partial charge in [-0.15, -0.1) is 0 Å². The van der Waals surface area contributed by atoms with Crippen LogP contribution in [0.25, 0.3) is 0 Å². The Hall–Kier alpha value is -0.530. The van der Waals surface area contributed by atoms with Gasteiger partial charge in [0.05, 0.1) is 0 Å². The molecule has 0 aromatic carbocycles. The standard InChI is InChI=1S/C5H9NO/c1-4-3-6(4)5(2)7/h4H,3H2,1-2H3. The Kier molecular flexibility index (Phi) is 0.805. The van der Waals surface area contributed by atoms with E-state index < -0.39 is 0 Å². The zero-order valence-electron chi connectivity index (χ0n) is 4.64. The molecule has 7 heavy (non-hydrogen) atoms. The Morgan fingerprint density at radius 1 is 1.86 bits per heavy atom. The van der Waals surface area contributed by atoms with Gasteiger partial charge in [-0.05, 0) is 6.92 Å². The van der Waals surface area contributed by atoms with Gasteiger partial charge in [-0.3, -0.25) is 4.79 Å². The first-order chi connectivity index (χ1) is 3.22. The highest BCUT2D eigenvalue weighted by atomic mass is 16.2. The number of amides is 1. The van der Waals surface area contributed by atoms with Crippen molar-refractivity contribution in [3.8, 4) is 0 Å². The summed E-state index contributed by atoms with van der Waals surface area (Å²) in [5, 5.41) is 0. The number of hydrogen-bond acceptors (Lipinski definition) is 1. The first kappa shape index (κ1) is 4.62. The van der Waals surface area contributed by atoms with Crippen LogP contribution in [0, 0.1) is 0 Å². The van der Waals surface area contributed by atoms with E-state index in [-0.39, 0.29) is 5.91 Å². The lowest BCUT2D eigenvalue weighted by Crippen LogP contribution is -2.05. The largest absolute Gasteiger partial charge is 0.336 e. The van der Waals surface area contributed by atoms with Crippen LogP contribution in [0.15, 0.2) is 0 Å². The maximum absolute atomic E-state index is 10.3. The third kappa shape index (κ3) is 0.734. The zero-order chi connectivity index (χ0) is 5.44. The molecule has 1 amide bonds. The van der Waals surface area contributed by atoms with Crippen LogP contribution in [0.1, 0.15) is 13.8 Å². The van der Waals surface area contributed by atoms with Crippen LogP contribution in [0.3, 0.4) is 0 Å². The average Bonchev–Trinajstić information content (AvgIpc) is 2.17. The van der Waals surface area contributed by atoms with Gasteiger partial charge in [0.1, 0.15) is 0 Å². The van der Waals surface area contributed by atoms with Crippen molar-refractivity contribution in [2.24, 2.45) is 0 Å². The Bertz CT molecular complexity index is 100. The van der Waals surface area contributed by atoms with E-state index in [4.69, 9.17) is 0 Å². The molecule has 1 rings (SSSR count). The van der Waals surface area contributed by atoms with Crippen molar-refractivity contribution in [1.82, 2.24) is 4.90 Å². The second-order valence-corrected chi connectivity index (χ2v) is 2.02. The number of carbonyl (C=O) groups is 1. The van der Waals surface area contributed by atoms with E-state index in [0.29, 0.717) is 6.04 Å². The molecule has 1 atom stereocenters. The summed E-state index contributed by atoms with van der Waals surface area (Å²) >= 11 is 0. The summed E-state index contributed by atoms with van der Waals surface area (Å²) in [6.07, 6.45) is 0. The molecule has 40 valence electrons. The van der Waals surface area contributed by atoms with Crippen molar-refractivity contribution >= 4 is 5.91 Å². The molecular formula is C5H9NO. The van der Waals surface area contributed by atoms with Gasteiger partial charge < -0.3 is 4.90 Å². The molecule has 1 unspecified atom stereocenters. The van der Waals surface area contributed by atoms with Crippen LogP contribution in [0.4, 0.5) is 0 Å². The fourth-order valence-electron chi connectivity index (χ4n) is 0.676. The second-order valence-electron chi connectivity index (χ2n) is 2.02. The minimum atomic E-state index is 0.201. The molecule has 0 bridgehead atoms. The fourth-order valence-corrected chi connectivity index (χ4v) is 0.676. The first-order valence-electron chi connectivity index (χ1n) is 2.49. The predicted molar refractivity (Wildman–Crippen MR) is 26.8 cm³/mol. The van der Waals surface area contributed by atoms with Gasteiger partial charge in [-0.2, -0.15) is 0 Å². The molecule has 1 aliphatic heterocycles. The summed E-state index contributed by atoms with van der Waals surface area (Å²) in [6, 6.07) is 0.525. The SMILES string of the molecule is CC(=O)N1CC1C. The number of rotatable bonds is 0. The Labute approximate surface area is 43.1 Å². The van der Waals surface area contributed by atoms with Crippen LogP contribution in [0.2, 0.25) is 0 Å². The minimum absolute atomic E-state index is 0.201. The van der Waals surface area contributed by atoms with Crippen LogP contribution in [0.5, 0.6) is 0 Å². The van der Waals surface area contributed by atoms with Crippen molar-refractivity contribution < 1.29 is 4.79 Å². The number of carbonyl (C=O) groups excluding carboxylic acids is 1. The summed E-state index contributed by atoms with van der Waals surface area (Å²) in [4.78, 5) is 12.2. The lowest BCUT2D eigenvalue weighted by atomic mass is 10.6. The maximum atomic E-state index is 10.3. The fraction of sp³-hybridized carbons (Fsp3) is 0.800. The molecule has 0 N–H and O–H groups in total. The second kappa shape index (κ2) is 1.22. The van der Waals surface area contributed by atoms with Crippen LogP contribution >= 0.6 is 0 Å². The van der Waals surface area contributed by atoms with E-state index in [0.717, 1.165) is 6.54 Å². The normalized spacial score (nSPS) is 27.7. The van der Waals surface area contributed by atoms with Gasteiger partial charge in [-0.25, -0.2) is 0 Å². The molecule has 1 saturated heterocycles. The van der Waals surface area contributed by atoms with Crippen LogP contribution in [-0.2, 0) is 4.79 Å². The molecule has 1 aliphatic rings. The molecule has 0 radical (unpaired) electrons. The highest BCUT2D eigenvalue weighted by Crippen LogP contribution is 2.14. The molecule has 2 heteroatoms. The summed E-state index contributed by atoms with van der Waals surface area (Å²) < 4.78 is 0. The highest BCUT2D eigenvalue weighted by Gasteiger charge is 2.30. The van der Waals surface area contributed by atoms with Gasteiger partial charge in [-0.1, -0.05) is 0 Å². The van der Waals surface area contributed by atoms with Crippen molar-refractivity contribution in [3.05, 3.63) is 0 Å². The number of nitrogens with zero attached hydrogens (tertiary/aromatic N) is 1. The lowest BCUT2D eigenvalue weighted by Gasteiger charge is -1.89. The zero-order valence-corrected chi connectivity index (χ0v) is 4.64. The summed E-state index contributed by atoms with van der Waals surface area (Å²) in [6.45, 7) is 4.61. The van der Waals surface area contributed by atoms with Gasteiger partial charge in [0.2, 0.25) is 5.91 Å². The van der Waals surface area contributed by atoms with Crippen molar-refractivity contribution in [2.75, 3.05) is 6.54 Å². The average molecular weight is 99.1 g/mol. The van der Waals surface area contributed by atoms with E-state index >= 15 is 0 Å². The van der Waals surface area contributed by atoms with Crippen LogP contribution in [-0.4, -0.2) is 23.4 Å².